The summed E-state index contributed by atoms with van der Waals surface area (Å²) in [6.07, 6.45) is 2.26. The molecular weight excluding hydrogens is 218 g/mol. The molecule has 1 heterocycles. The zero-order chi connectivity index (χ0) is 13.1. The summed E-state index contributed by atoms with van der Waals surface area (Å²) in [5.41, 5.74) is 5.06. The maximum absolute atomic E-state index is 11.5. The Kier molecular flexibility index (Phi) is 4.91. The molecule has 100 valence electrons. The number of nitrogens with zero attached hydrogens (tertiary/aromatic N) is 2. The van der Waals surface area contributed by atoms with E-state index in [9.17, 15) is 4.79 Å². The van der Waals surface area contributed by atoms with Crippen LogP contribution in [0.4, 0.5) is 0 Å². The lowest BCUT2D eigenvalue weighted by atomic mass is 9.99. The normalized spacial score (nSPS) is 22.5. The van der Waals surface area contributed by atoms with Crippen molar-refractivity contribution in [3.63, 3.8) is 0 Å². The van der Waals surface area contributed by atoms with Gasteiger partial charge in [-0.2, -0.15) is 0 Å². The van der Waals surface area contributed by atoms with Crippen molar-refractivity contribution >= 4 is 5.97 Å². The molecule has 1 aliphatic rings. The van der Waals surface area contributed by atoms with Crippen molar-refractivity contribution in [2.45, 2.75) is 31.3 Å². The molecule has 0 saturated carbocycles. The van der Waals surface area contributed by atoms with E-state index in [1.807, 2.05) is 7.05 Å². The van der Waals surface area contributed by atoms with Crippen LogP contribution in [0.3, 0.4) is 0 Å². The number of carbonyl (C=O) groups is 1. The Bertz CT molecular complexity index is 260. The van der Waals surface area contributed by atoms with Crippen LogP contribution in [0.15, 0.2) is 0 Å². The molecule has 1 fully saturated rings. The molecule has 0 spiro atoms. The molecule has 0 aliphatic carbocycles. The maximum atomic E-state index is 11.5. The summed E-state index contributed by atoms with van der Waals surface area (Å²) in [6.45, 7) is 4.47. The summed E-state index contributed by atoms with van der Waals surface area (Å²) in [5, 5.41) is 0. The molecule has 0 aromatic carbocycles. The van der Waals surface area contributed by atoms with Crippen molar-refractivity contribution in [2.24, 2.45) is 5.73 Å². The van der Waals surface area contributed by atoms with E-state index in [4.69, 9.17) is 10.5 Å². The zero-order valence-electron chi connectivity index (χ0n) is 11.4. The highest BCUT2D eigenvalue weighted by Gasteiger charge is 2.33. The van der Waals surface area contributed by atoms with Crippen molar-refractivity contribution in [1.29, 1.82) is 0 Å². The standard InChI is InChI=1S/C12H25N3O2/c1-12(13,11(16)17-4)9-15(3)10-5-7-14(2)8-6-10/h10H,5-9,13H2,1-4H3. The van der Waals surface area contributed by atoms with E-state index >= 15 is 0 Å². The van der Waals surface area contributed by atoms with Gasteiger partial charge in [0.15, 0.2) is 0 Å². The molecule has 5 nitrogen and oxygen atoms in total. The molecule has 17 heavy (non-hydrogen) atoms. The van der Waals surface area contributed by atoms with Gasteiger partial charge in [-0.15, -0.1) is 0 Å². The van der Waals surface area contributed by atoms with Gasteiger partial charge < -0.3 is 20.3 Å². The van der Waals surface area contributed by atoms with Gasteiger partial charge in [-0.25, -0.2) is 0 Å². The van der Waals surface area contributed by atoms with Crippen molar-refractivity contribution in [1.82, 2.24) is 9.80 Å². The minimum absolute atomic E-state index is 0.350. The minimum Gasteiger partial charge on any atom is -0.468 e. The molecule has 0 aromatic heterocycles. The third-order valence-corrected chi connectivity index (χ3v) is 3.54. The molecule has 1 unspecified atom stereocenters. The number of piperidine rings is 1. The second kappa shape index (κ2) is 5.80. The first-order valence-electron chi connectivity index (χ1n) is 6.13. The van der Waals surface area contributed by atoms with Gasteiger partial charge in [0.1, 0.15) is 5.54 Å². The predicted octanol–water partition coefficient (Wildman–Crippen LogP) is -0.0972. The Balaban J connectivity index is 2.48. The fraction of sp³-hybridized carbons (Fsp3) is 0.917. The summed E-state index contributed by atoms with van der Waals surface area (Å²) < 4.78 is 4.72. The third-order valence-electron chi connectivity index (χ3n) is 3.54. The molecule has 0 aromatic rings. The quantitative estimate of drug-likeness (QED) is 0.699. The molecule has 0 radical (unpaired) electrons. The van der Waals surface area contributed by atoms with E-state index < -0.39 is 5.54 Å². The summed E-state index contributed by atoms with van der Waals surface area (Å²) in [6, 6.07) is 0.513. The summed E-state index contributed by atoms with van der Waals surface area (Å²) in [7, 11) is 5.55. The monoisotopic (exact) mass is 243 g/mol. The summed E-state index contributed by atoms with van der Waals surface area (Å²) in [5.74, 6) is -0.350. The van der Waals surface area contributed by atoms with Crippen LogP contribution in [0.1, 0.15) is 19.8 Å². The van der Waals surface area contributed by atoms with E-state index in [1.165, 1.54) is 7.11 Å². The Morgan fingerprint density at radius 3 is 2.53 bits per heavy atom. The number of likely N-dealkylation sites (tertiary alicyclic amines) is 1. The number of ether oxygens (including phenoxy) is 1. The van der Waals surface area contributed by atoms with Crippen LogP contribution >= 0.6 is 0 Å². The largest absolute Gasteiger partial charge is 0.468 e. The van der Waals surface area contributed by atoms with Crippen LogP contribution in [0.5, 0.6) is 0 Å². The lowest BCUT2D eigenvalue weighted by Gasteiger charge is -2.37. The molecule has 0 amide bonds. The minimum atomic E-state index is -0.924. The van der Waals surface area contributed by atoms with Crippen LogP contribution in [0.25, 0.3) is 0 Å². The van der Waals surface area contributed by atoms with Crippen LogP contribution in [0, 0.1) is 0 Å². The second-order valence-electron chi connectivity index (χ2n) is 5.36. The van der Waals surface area contributed by atoms with E-state index in [0.29, 0.717) is 12.6 Å². The number of hydrogen-bond donors (Lipinski definition) is 1. The number of carbonyl (C=O) groups excluding carboxylic acids is 1. The third kappa shape index (κ3) is 3.94. The van der Waals surface area contributed by atoms with Gasteiger partial charge in [-0.3, -0.25) is 4.79 Å². The highest BCUT2D eigenvalue weighted by Crippen LogP contribution is 2.16. The van der Waals surface area contributed by atoms with Gasteiger partial charge in [-0.05, 0) is 47.0 Å². The van der Waals surface area contributed by atoms with Crippen LogP contribution in [-0.2, 0) is 9.53 Å². The Labute approximate surface area is 104 Å². The fourth-order valence-electron chi connectivity index (χ4n) is 2.38. The van der Waals surface area contributed by atoms with Crippen molar-refractivity contribution in [3.8, 4) is 0 Å². The lowest BCUT2D eigenvalue weighted by molar-refractivity contribution is -0.147. The number of nitrogens with two attached hydrogens (primary N) is 1. The molecule has 0 bridgehead atoms. The van der Waals surface area contributed by atoms with Gasteiger partial charge in [0, 0.05) is 12.6 Å². The average Bonchev–Trinajstić information content (AvgIpc) is 2.28. The van der Waals surface area contributed by atoms with Gasteiger partial charge in [0.25, 0.3) is 0 Å². The fourth-order valence-corrected chi connectivity index (χ4v) is 2.38. The summed E-state index contributed by atoms with van der Waals surface area (Å²) >= 11 is 0. The Hall–Kier alpha value is -0.650. The van der Waals surface area contributed by atoms with E-state index in [-0.39, 0.29) is 5.97 Å². The average molecular weight is 243 g/mol. The van der Waals surface area contributed by atoms with Gasteiger partial charge in [0.05, 0.1) is 7.11 Å². The van der Waals surface area contributed by atoms with Gasteiger partial charge in [-0.1, -0.05) is 0 Å². The maximum Gasteiger partial charge on any atom is 0.326 e. The van der Waals surface area contributed by atoms with Crippen molar-refractivity contribution < 1.29 is 9.53 Å². The first-order chi connectivity index (χ1) is 7.86. The summed E-state index contributed by atoms with van der Waals surface area (Å²) in [4.78, 5) is 16.0. The Morgan fingerprint density at radius 2 is 2.06 bits per heavy atom. The first-order valence-corrected chi connectivity index (χ1v) is 6.13. The topological polar surface area (TPSA) is 58.8 Å². The van der Waals surface area contributed by atoms with Crippen molar-refractivity contribution in [3.05, 3.63) is 0 Å². The van der Waals surface area contributed by atoms with E-state index in [1.54, 1.807) is 6.92 Å². The zero-order valence-corrected chi connectivity index (χ0v) is 11.4. The Morgan fingerprint density at radius 1 is 1.53 bits per heavy atom. The van der Waals surface area contributed by atoms with E-state index in [0.717, 1.165) is 25.9 Å². The highest BCUT2D eigenvalue weighted by molar-refractivity contribution is 5.80. The molecule has 2 N–H and O–H groups in total. The van der Waals surface area contributed by atoms with Gasteiger partial charge >= 0.3 is 5.97 Å². The molecule has 1 saturated heterocycles. The predicted molar refractivity (Wildman–Crippen MR) is 67.8 cm³/mol. The number of methoxy groups -OCH3 is 1. The SMILES string of the molecule is COC(=O)C(C)(N)CN(C)C1CCN(C)CC1. The number of likely N-dealkylation sites (N-methyl/N-ethyl adjacent to an activating group) is 1. The number of esters is 1. The van der Waals surface area contributed by atoms with Crippen LogP contribution in [0.2, 0.25) is 0 Å². The second-order valence-corrected chi connectivity index (χ2v) is 5.36. The lowest BCUT2D eigenvalue weighted by Crippen LogP contribution is -2.56. The number of hydrogen-bond acceptors (Lipinski definition) is 5. The first kappa shape index (κ1) is 14.4. The van der Waals surface area contributed by atoms with Gasteiger partial charge in [0.2, 0.25) is 0 Å². The van der Waals surface area contributed by atoms with Crippen molar-refractivity contribution in [2.75, 3.05) is 40.8 Å². The molecule has 1 aliphatic heterocycles. The number of rotatable bonds is 4. The molecule has 1 atom stereocenters. The highest BCUT2D eigenvalue weighted by atomic mass is 16.5. The van der Waals surface area contributed by atoms with Crippen LogP contribution < -0.4 is 5.73 Å². The van der Waals surface area contributed by atoms with Crippen LogP contribution in [-0.4, -0.2) is 68.2 Å². The smallest absolute Gasteiger partial charge is 0.326 e. The molecule has 1 rings (SSSR count). The molecule has 5 heteroatoms. The van der Waals surface area contributed by atoms with E-state index in [2.05, 4.69) is 16.8 Å². The molecular formula is C12H25N3O2.